The number of esters is 1. The molecule has 2 aromatic carbocycles. The van der Waals surface area contributed by atoms with Crippen LogP contribution < -0.4 is 14.2 Å². The van der Waals surface area contributed by atoms with Crippen molar-refractivity contribution in [3.8, 4) is 11.5 Å². The summed E-state index contributed by atoms with van der Waals surface area (Å²) >= 11 is 1.27. The summed E-state index contributed by atoms with van der Waals surface area (Å²) < 4.78 is 45.8. The van der Waals surface area contributed by atoms with Gasteiger partial charge in [0.05, 0.1) is 0 Å². The van der Waals surface area contributed by atoms with Crippen LogP contribution in [0.15, 0.2) is 54.6 Å². The number of benzene rings is 2. The third kappa shape index (κ3) is 4.34. The van der Waals surface area contributed by atoms with Crippen LogP contribution in [-0.4, -0.2) is 36.9 Å². The first kappa shape index (κ1) is 24.2. The average Bonchev–Trinajstić information content (AvgIpc) is 3.20. The summed E-state index contributed by atoms with van der Waals surface area (Å²) in [6, 6.07) is 15.1. The molecule has 5 rings (SSSR count). The molecule has 9 heteroatoms. The molecule has 0 bridgehead atoms. The number of hydrogen-bond acceptors (Lipinski definition) is 7. The number of rotatable bonds is 6. The lowest BCUT2D eigenvalue weighted by molar-refractivity contribution is -0.158. The van der Waals surface area contributed by atoms with E-state index in [9.17, 15) is 13.2 Å². The van der Waals surface area contributed by atoms with E-state index >= 15 is 0 Å². The van der Waals surface area contributed by atoms with Crippen molar-refractivity contribution in [3.05, 3.63) is 65.7 Å². The van der Waals surface area contributed by atoms with E-state index in [1.165, 1.54) is 11.8 Å². The van der Waals surface area contributed by atoms with Crippen molar-refractivity contribution in [1.29, 1.82) is 0 Å². The first-order valence-corrected chi connectivity index (χ1v) is 13.9. The zero-order chi connectivity index (χ0) is 25.1. The van der Waals surface area contributed by atoms with E-state index in [1.807, 2.05) is 61.5 Å². The number of carbonyl (C=O) groups excluding carboxylic acids is 1. The van der Waals surface area contributed by atoms with Crippen LogP contribution in [0.4, 0.5) is 0 Å². The lowest BCUT2D eigenvalue weighted by atomic mass is 9.93. The maximum absolute atomic E-state index is 13.6. The van der Waals surface area contributed by atoms with Crippen molar-refractivity contribution in [2.24, 2.45) is 0 Å². The molecule has 3 atom stereocenters. The Labute approximate surface area is 210 Å². The van der Waals surface area contributed by atoms with E-state index in [-0.39, 0.29) is 6.79 Å². The molecule has 0 radical (unpaired) electrons. The molecule has 2 heterocycles. The fourth-order valence-corrected chi connectivity index (χ4v) is 7.91. The Morgan fingerprint density at radius 1 is 1.11 bits per heavy atom. The summed E-state index contributed by atoms with van der Waals surface area (Å²) in [4.78, 5) is 14.3. The Morgan fingerprint density at radius 2 is 1.83 bits per heavy atom. The molecule has 2 aliphatic heterocycles. The molecule has 1 unspecified atom stereocenters. The van der Waals surface area contributed by atoms with Crippen molar-refractivity contribution in [2.75, 3.05) is 6.79 Å². The van der Waals surface area contributed by atoms with Gasteiger partial charge in [-0.05, 0) is 62.9 Å². The second-order valence-corrected chi connectivity index (χ2v) is 13.8. The minimum atomic E-state index is -3.88. The van der Waals surface area contributed by atoms with Gasteiger partial charge in [0.15, 0.2) is 11.5 Å². The smallest absolute Gasteiger partial charge is 0.328 e. The van der Waals surface area contributed by atoms with Gasteiger partial charge >= 0.3 is 5.97 Å². The first-order valence-electron chi connectivity index (χ1n) is 11.5. The molecule has 35 heavy (non-hydrogen) atoms. The second-order valence-electron chi connectivity index (χ2n) is 10.3. The lowest BCUT2D eigenvalue weighted by Crippen LogP contribution is -2.52. The monoisotopic (exact) mass is 515 g/mol. The molecule has 0 spiro atoms. The zero-order valence-corrected chi connectivity index (χ0v) is 21.8. The van der Waals surface area contributed by atoms with Gasteiger partial charge in [0, 0.05) is 10.3 Å². The molecule has 7 nitrogen and oxygen atoms in total. The van der Waals surface area contributed by atoms with Crippen LogP contribution in [0.3, 0.4) is 0 Å². The Balaban J connectivity index is 1.38. The SMILES string of the molecule is CC(C)(C)OC(=O)[C@]1(NS(=O)(=O)C2CC=C(c3ccc4c(c3)OCO4)S2)C[C@]1(C)c1ccccc1. The number of fused-ring (bicyclic) bond motifs is 1. The third-order valence-electron chi connectivity index (χ3n) is 6.67. The number of nitrogens with one attached hydrogen (secondary N) is 1. The van der Waals surface area contributed by atoms with Gasteiger partial charge in [0.1, 0.15) is 15.7 Å². The Bertz CT molecular complexity index is 1300. The standard InChI is InChI=1S/C26H29NO6S2/c1-24(2,3)33-23(28)26(15-25(26,4)18-8-6-5-7-9-18)27-35(29,30)22-13-12-21(34-22)17-10-11-19-20(14-17)32-16-31-19/h5-12,14,22,27H,13,15-16H2,1-4H3/t22?,25-,26-/m1/s1. The molecular weight excluding hydrogens is 486 g/mol. The third-order valence-corrected chi connectivity index (χ3v) is 10.3. The van der Waals surface area contributed by atoms with E-state index in [0.29, 0.717) is 24.3 Å². The highest BCUT2D eigenvalue weighted by molar-refractivity contribution is 8.18. The van der Waals surface area contributed by atoms with Gasteiger partial charge in [-0.1, -0.05) is 43.3 Å². The Morgan fingerprint density at radius 3 is 2.54 bits per heavy atom. The summed E-state index contributed by atoms with van der Waals surface area (Å²) in [5.74, 6) is 0.775. The van der Waals surface area contributed by atoms with Crippen LogP contribution in [0.1, 0.15) is 51.7 Å². The van der Waals surface area contributed by atoms with Crippen LogP contribution in [0.25, 0.3) is 4.91 Å². The Hall–Kier alpha value is -2.49. The maximum Gasteiger partial charge on any atom is 0.328 e. The van der Waals surface area contributed by atoms with Gasteiger partial charge in [-0.15, -0.1) is 11.8 Å². The summed E-state index contributed by atoms with van der Waals surface area (Å²) in [7, 11) is -3.88. The summed E-state index contributed by atoms with van der Waals surface area (Å²) in [6.07, 6.45) is 2.57. The van der Waals surface area contributed by atoms with Crippen molar-refractivity contribution in [3.63, 3.8) is 0 Å². The van der Waals surface area contributed by atoms with Crippen LogP contribution in [0.5, 0.6) is 11.5 Å². The molecule has 1 N–H and O–H groups in total. The topological polar surface area (TPSA) is 90.9 Å². The molecule has 3 aliphatic rings. The molecular formula is C26H29NO6S2. The molecule has 1 saturated carbocycles. The summed E-state index contributed by atoms with van der Waals surface area (Å²) in [6.45, 7) is 7.43. The van der Waals surface area contributed by atoms with Gasteiger partial charge in [-0.25, -0.2) is 13.2 Å². The van der Waals surface area contributed by atoms with Gasteiger partial charge < -0.3 is 14.2 Å². The summed E-state index contributed by atoms with van der Waals surface area (Å²) in [5.41, 5.74) is -1.04. The Kier molecular flexibility index (Phi) is 5.73. The fourth-order valence-electron chi connectivity index (χ4n) is 4.67. The normalized spacial score (nSPS) is 27.4. The number of allylic oxidation sites excluding steroid dienone is 1. The molecule has 2 aromatic rings. The minimum Gasteiger partial charge on any atom is -0.459 e. The van der Waals surface area contributed by atoms with E-state index in [2.05, 4.69) is 4.72 Å². The average molecular weight is 516 g/mol. The van der Waals surface area contributed by atoms with Gasteiger partial charge in [0.2, 0.25) is 16.8 Å². The van der Waals surface area contributed by atoms with Crippen LogP contribution in [-0.2, 0) is 25.0 Å². The predicted octanol–water partition coefficient (Wildman–Crippen LogP) is 4.58. The van der Waals surface area contributed by atoms with Crippen LogP contribution >= 0.6 is 11.8 Å². The number of sulfonamides is 1. The second kappa shape index (κ2) is 8.28. The van der Waals surface area contributed by atoms with E-state index in [1.54, 1.807) is 20.8 Å². The van der Waals surface area contributed by atoms with Crippen LogP contribution in [0, 0.1) is 0 Å². The lowest BCUT2D eigenvalue weighted by Gasteiger charge is -2.28. The number of hydrogen-bond donors (Lipinski definition) is 1. The van der Waals surface area contributed by atoms with Crippen molar-refractivity contribution in [1.82, 2.24) is 4.72 Å². The van der Waals surface area contributed by atoms with Crippen molar-refractivity contribution >= 4 is 32.7 Å². The van der Waals surface area contributed by atoms with E-state index in [0.717, 1.165) is 16.0 Å². The molecule has 1 fully saturated rings. The number of thioether (sulfide) groups is 1. The predicted molar refractivity (Wildman–Crippen MR) is 136 cm³/mol. The molecule has 0 aromatic heterocycles. The van der Waals surface area contributed by atoms with Crippen LogP contribution in [0.2, 0.25) is 0 Å². The highest BCUT2D eigenvalue weighted by Gasteiger charge is 2.73. The van der Waals surface area contributed by atoms with E-state index < -0.39 is 37.1 Å². The summed E-state index contributed by atoms with van der Waals surface area (Å²) in [5, 5.41) is 0. The molecule has 1 aliphatic carbocycles. The number of carbonyl (C=O) groups is 1. The number of ether oxygens (including phenoxy) is 3. The van der Waals surface area contributed by atoms with Crippen molar-refractivity contribution < 1.29 is 27.4 Å². The maximum atomic E-state index is 13.6. The largest absolute Gasteiger partial charge is 0.459 e. The quantitative estimate of drug-likeness (QED) is 0.563. The minimum absolute atomic E-state index is 0.179. The molecule has 0 saturated heterocycles. The zero-order valence-electron chi connectivity index (χ0n) is 20.2. The van der Waals surface area contributed by atoms with Gasteiger partial charge in [-0.3, -0.25) is 0 Å². The highest BCUT2D eigenvalue weighted by atomic mass is 32.3. The van der Waals surface area contributed by atoms with Gasteiger partial charge in [0.25, 0.3) is 0 Å². The molecule has 186 valence electrons. The highest BCUT2D eigenvalue weighted by Crippen LogP contribution is 2.59. The van der Waals surface area contributed by atoms with E-state index in [4.69, 9.17) is 14.2 Å². The first-order chi connectivity index (χ1) is 16.4. The van der Waals surface area contributed by atoms with Gasteiger partial charge in [-0.2, -0.15) is 4.72 Å². The fraction of sp³-hybridized carbons (Fsp3) is 0.423. The molecule has 0 amide bonds. The van der Waals surface area contributed by atoms with Crippen molar-refractivity contribution in [2.45, 2.75) is 61.7 Å².